The van der Waals surface area contributed by atoms with Crippen LogP contribution in [0.4, 0.5) is 5.69 Å². The molecule has 1 rings (SSSR count). The van der Waals surface area contributed by atoms with Gasteiger partial charge in [-0.1, -0.05) is 26.3 Å². The molecule has 2 amide bonds. The molecular weight excluding hydrogens is 266 g/mol. The number of carbonyl (C=O) groups excluding carboxylic acids is 2. The van der Waals surface area contributed by atoms with Crippen LogP contribution in [0.3, 0.4) is 0 Å². The third kappa shape index (κ3) is 5.55. The molecule has 4 N–H and O–H groups in total. The van der Waals surface area contributed by atoms with Gasteiger partial charge in [-0.3, -0.25) is 9.59 Å². The Morgan fingerprint density at radius 2 is 2.00 bits per heavy atom. The monoisotopic (exact) mass is 291 g/mol. The summed E-state index contributed by atoms with van der Waals surface area (Å²) >= 11 is 0. The largest absolute Gasteiger partial charge is 0.352 e. The highest BCUT2D eigenvalue weighted by Gasteiger charge is 2.16. The normalized spacial score (nSPS) is 11.8. The van der Waals surface area contributed by atoms with Gasteiger partial charge in [-0.2, -0.15) is 0 Å². The Morgan fingerprint density at radius 1 is 1.24 bits per heavy atom. The molecule has 0 aliphatic carbocycles. The topological polar surface area (TPSA) is 84.2 Å². The minimum Gasteiger partial charge on any atom is -0.352 e. The number of nitrogens with one attached hydrogen (secondary N) is 2. The highest BCUT2D eigenvalue weighted by molar-refractivity contribution is 5.97. The minimum atomic E-state index is -0.187. The van der Waals surface area contributed by atoms with Crippen molar-refractivity contribution in [1.29, 1.82) is 0 Å². The number of benzene rings is 1. The zero-order chi connectivity index (χ0) is 15.7. The van der Waals surface area contributed by atoms with Crippen molar-refractivity contribution in [1.82, 2.24) is 5.32 Å². The van der Waals surface area contributed by atoms with Crippen LogP contribution < -0.4 is 16.4 Å². The molecule has 0 radical (unpaired) electrons. The summed E-state index contributed by atoms with van der Waals surface area (Å²) in [6.07, 6.45) is 2.56. The molecule has 1 aromatic rings. The molecule has 0 aliphatic heterocycles. The predicted molar refractivity (Wildman–Crippen MR) is 85.1 cm³/mol. The van der Waals surface area contributed by atoms with Gasteiger partial charge in [-0.05, 0) is 31.0 Å². The molecule has 0 bridgehead atoms. The molecule has 1 aromatic carbocycles. The second-order valence-corrected chi connectivity index (χ2v) is 5.05. The fraction of sp³-hybridized carbons (Fsp3) is 0.500. The molecule has 0 fully saturated rings. The van der Waals surface area contributed by atoms with Crippen LogP contribution in [-0.4, -0.2) is 24.9 Å². The molecule has 1 atom stereocenters. The van der Waals surface area contributed by atoms with Crippen molar-refractivity contribution in [2.75, 3.05) is 18.4 Å². The van der Waals surface area contributed by atoms with Crippen molar-refractivity contribution < 1.29 is 9.59 Å². The molecule has 0 saturated carbocycles. The summed E-state index contributed by atoms with van der Waals surface area (Å²) < 4.78 is 0. The Kier molecular flexibility index (Phi) is 7.46. The first kappa shape index (κ1) is 17.2. The van der Waals surface area contributed by atoms with E-state index in [0.717, 1.165) is 19.3 Å². The molecular formula is C16H25N3O2. The van der Waals surface area contributed by atoms with Gasteiger partial charge in [-0.15, -0.1) is 0 Å². The van der Waals surface area contributed by atoms with E-state index in [0.29, 0.717) is 24.3 Å². The third-order valence-corrected chi connectivity index (χ3v) is 3.22. The van der Waals surface area contributed by atoms with E-state index in [1.807, 2.05) is 13.8 Å². The highest BCUT2D eigenvalue weighted by atomic mass is 16.2. The van der Waals surface area contributed by atoms with Gasteiger partial charge >= 0.3 is 0 Å². The van der Waals surface area contributed by atoms with Gasteiger partial charge in [0.2, 0.25) is 5.91 Å². The van der Waals surface area contributed by atoms with E-state index >= 15 is 0 Å². The maximum Gasteiger partial charge on any atom is 0.251 e. The van der Waals surface area contributed by atoms with Crippen LogP contribution >= 0.6 is 0 Å². The third-order valence-electron chi connectivity index (χ3n) is 3.22. The first-order chi connectivity index (χ1) is 10.1. The summed E-state index contributed by atoms with van der Waals surface area (Å²) in [7, 11) is 0. The Balaban J connectivity index is 2.71. The van der Waals surface area contributed by atoms with E-state index in [-0.39, 0.29) is 17.7 Å². The van der Waals surface area contributed by atoms with Gasteiger partial charge in [0.15, 0.2) is 0 Å². The molecule has 1 unspecified atom stereocenters. The van der Waals surface area contributed by atoms with E-state index in [4.69, 9.17) is 5.73 Å². The number of anilines is 1. The Labute approximate surface area is 126 Å². The van der Waals surface area contributed by atoms with Gasteiger partial charge in [0.25, 0.3) is 5.91 Å². The van der Waals surface area contributed by atoms with Gasteiger partial charge in [-0.25, -0.2) is 0 Å². The van der Waals surface area contributed by atoms with Gasteiger partial charge in [0.1, 0.15) is 0 Å². The fourth-order valence-corrected chi connectivity index (χ4v) is 2.03. The SMILES string of the molecule is CCCNC(=O)c1cccc(NC(=O)C(CN)CCC)c1. The van der Waals surface area contributed by atoms with Crippen LogP contribution in [0, 0.1) is 5.92 Å². The van der Waals surface area contributed by atoms with Crippen molar-refractivity contribution in [3.8, 4) is 0 Å². The lowest BCUT2D eigenvalue weighted by Gasteiger charge is -2.14. The average Bonchev–Trinajstić information content (AvgIpc) is 2.50. The van der Waals surface area contributed by atoms with Gasteiger partial charge < -0.3 is 16.4 Å². The van der Waals surface area contributed by atoms with Gasteiger partial charge in [0.05, 0.1) is 5.92 Å². The summed E-state index contributed by atoms with van der Waals surface area (Å²) in [6, 6.07) is 6.94. The number of carbonyl (C=O) groups is 2. The quantitative estimate of drug-likeness (QED) is 0.686. The molecule has 0 aliphatic rings. The lowest BCUT2D eigenvalue weighted by molar-refractivity contribution is -0.119. The zero-order valence-corrected chi connectivity index (χ0v) is 12.8. The minimum absolute atomic E-state index is 0.0922. The Morgan fingerprint density at radius 3 is 2.62 bits per heavy atom. The van der Waals surface area contributed by atoms with Crippen molar-refractivity contribution in [2.24, 2.45) is 11.7 Å². The van der Waals surface area contributed by atoms with Crippen LogP contribution in [0.2, 0.25) is 0 Å². The van der Waals surface area contributed by atoms with Crippen LogP contribution in [-0.2, 0) is 4.79 Å². The maximum absolute atomic E-state index is 12.1. The first-order valence-corrected chi connectivity index (χ1v) is 7.51. The first-order valence-electron chi connectivity index (χ1n) is 7.51. The highest BCUT2D eigenvalue weighted by Crippen LogP contribution is 2.14. The van der Waals surface area contributed by atoms with Crippen LogP contribution in [0.5, 0.6) is 0 Å². The molecule has 0 aromatic heterocycles. The summed E-state index contributed by atoms with van der Waals surface area (Å²) in [4.78, 5) is 24.0. The number of hydrogen-bond donors (Lipinski definition) is 3. The van der Waals surface area contributed by atoms with E-state index in [1.165, 1.54) is 0 Å². The van der Waals surface area contributed by atoms with Gasteiger partial charge in [0, 0.05) is 24.3 Å². The zero-order valence-electron chi connectivity index (χ0n) is 12.8. The lowest BCUT2D eigenvalue weighted by Crippen LogP contribution is -2.29. The van der Waals surface area contributed by atoms with Crippen LogP contribution in [0.25, 0.3) is 0 Å². The Bertz CT molecular complexity index is 474. The van der Waals surface area contributed by atoms with E-state index in [1.54, 1.807) is 24.3 Å². The second kappa shape index (κ2) is 9.13. The second-order valence-electron chi connectivity index (χ2n) is 5.05. The molecule has 21 heavy (non-hydrogen) atoms. The summed E-state index contributed by atoms with van der Waals surface area (Å²) in [5.41, 5.74) is 6.79. The van der Waals surface area contributed by atoms with Crippen molar-refractivity contribution in [2.45, 2.75) is 33.1 Å². The smallest absolute Gasteiger partial charge is 0.251 e. The van der Waals surface area contributed by atoms with E-state index < -0.39 is 0 Å². The number of amides is 2. The molecule has 0 spiro atoms. The van der Waals surface area contributed by atoms with E-state index in [9.17, 15) is 9.59 Å². The number of nitrogens with two attached hydrogens (primary N) is 1. The summed E-state index contributed by atoms with van der Waals surface area (Å²) in [6.45, 7) is 4.99. The van der Waals surface area contributed by atoms with Crippen molar-refractivity contribution in [3.05, 3.63) is 29.8 Å². The fourth-order valence-electron chi connectivity index (χ4n) is 2.03. The van der Waals surface area contributed by atoms with Crippen LogP contribution in [0.1, 0.15) is 43.5 Å². The van der Waals surface area contributed by atoms with Crippen molar-refractivity contribution >= 4 is 17.5 Å². The number of hydrogen-bond acceptors (Lipinski definition) is 3. The van der Waals surface area contributed by atoms with Crippen molar-refractivity contribution in [3.63, 3.8) is 0 Å². The maximum atomic E-state index is 12.1. The lowest BCUT2D eigenvalue weighted by atomic mass is 10.0. The molecule has 0 saturated heterocycles. The average molecular weight is 291 g/mol. The summed E-state index contributed by atoms with van der Waals surface area (Å²) in [5, 5.41) is 5.64. The summed E-state index contributed by atoms with van der Waals surface area (Å²) in [5.74, 6) is -0.407. The van der Waals surface area contributed by atoms with E-state index in [2.05, 4.69) is 10.6 Å². The molecule has 5 heteroatoms. The molecule has 116 valence electrons. The standard InChI is InChI=1S/C16H25N3O2/c1-3-6-13(11-17)16(21)19-14-8-5-7-12(10-14)15(20)18-9-4-2/h5,7-8,10,13H,3-4,6,9,11,17H2,1-2H3,(H,18,20)(H,19,21). The van der Waals surface area contributed by atoms with Crippen LogP contribution in [0.15, 0.2) is 24.3 Å². The number of rotatable bonds is 8. The molecule has 0 heterocycles. The Hall–Kier alpha value is -1.88. The molecule has 5 nitrogen and oxygen atoms in total. The predicted octanol–water partition coefficient (Wildman–Crippen LogP) is 2.14.